The van der Waals surface area contributed by atoms with E-state index in [-0.39, 0.29) is 5.88 Å². The number of H-pyrrole nitrogens is 1. The lowest BCUT2D eigenvalue weighted by Crippen LogP contribution is -2.21. The van der Waals surface area contributed by atoms with Crippen LogP contribution in [0.2, 0.25) is 5.02 Å². The molecule has 0 radical (unpaired) electrons. The number of nitrogens with one attached hydrogen (secondary N) is 2. The van der Waals surface area contributed by atoms with E-state index < -0.39 is 6.10 Å². The first kappa shape index (κ1) is 13.1. The number of nitrogens with zero attached hydrogens (tertiary/aromatic N) is 3. The Kier molecular flexibility index (Phi) is 4.35. The number of hydrogen-bond acceptors (Lipinski definition) is 5. The van der Waals surface area contributed by atoms with Crippen LogP contribution in [0.25, 0.3) is 11.4 Å². The summed E-state index contributed by atoms with van der Waals surface area (Å²) in [7, 11) is 0. The average molecular weight is 288 g/mol. The van der Waals surface area contributed by atoms with Gasteiger partial charge in [0.25, 0.3) is 0 Å². The van der Waals surface area contributed by atoms with Gasteiger partial charge >= 0.3 is 0 Å². The summed E-state index contributed by atoms with van der Waals surface area (Å²) in [5, 5.41) is 26.8. The third-order valence-corrected chi connectivity index (χ3v) is 2.87. The van der Waals surface area contributed by atoms with E-state index >= 15 is 0 Å². The lowest BCUT2D eigenvalue weighted by molar-refractivity contribution is 0.211. The minimum atomic E-state index is -0.635. The molecular formula is C10H11Cl2N5O. The molecule has 0 bridgehead atoms. The van der Waals surface area contributed by atoms with Crippen LogP contribution in [0.3, 0.4) is 0 Å². The summed E-state index contributed by atoms with van der Waals surface area (Å²) in [4.78, 5) is 0. The summed E-state index contributed by atoms with van der Waals surface area (Å²) in [5.41, 5.74) is 1.46. The molecule has 6 nitrogen and oxygen atoms in total. The highest BCUT2D eigenvalue weighted by atomic mass is 35.5. The molecule has 1 atom stereocenters. The Hall–Kier alpha value is -1.37. The first-order valence-corrected chi connectivity index (χ1v) is 6.13. The van der Waals surface area contributed by atoms with E-state index in [1.54, 1.807) is 18.2 Å². The van der Waals surface area contributed by atoms with Crippen molar-refractivity contribution in [3.63, 3.8) is 0 Å². The number of aromatic amines is 1. The van der Waals surface area contributed by atoms with Crippen LogP contribution in [0.15, 0.2) is 18.2 Å². The Labute approximate surface area is 113 Å². The van der Waals surface area contributed by atoms with Gasteiger partial charge in [-0.3, -0.25) is 0 Å². The molecule has 0 spiro atoms. The number of alkyl halides is 1. The third kappa shape index (κ3) is 3.10. The summed E-state index contributed by atoms with van der Waals surface area (Å²) < 4.78 is 0. The van der Waals surface area contributed by atoms with Crippen molar-refractivity contribution >= 4 is 28.9 Å². The predicted octanol–water partition coefficient (Wildman–Crippen LogP) is 1.53. The first-order valence-electron chi connectivity index (χ1n) is 5.22. The van der Waals surface area contributed by atoms with Crippen LogP contribution in [0.4, 0.5) is 5.69 Å². The van der Waals surface area contributed by atoms with Gasteiger partial charge in [-0.15, -0.1) is 21.8 Å². The molecule has 3 N–H and O–H groups in total. The monoisotopic (exact) mass is 287 g/mol. The third-order valence-electron chi connectivity index (χ3n) is 2.27. The van der Waals surface area contributed by atoms with Gasteiger partial charge in [-0.1, -0.05) is 11.6 Å². The smallest absolute Gasteiger partial charge is 0.206 e. The number of aliphatic hydroxyl groups is 1. The van der Waals surface area contributed by atoms with E-state index in [0.717, 1.165) is 5.56 Å². The van der Waals surface area contributed by atoms with Crippen molar-refractivity contribution in [2.75, 3.05) is 17.7 Å². The average Bonchev–Trinajstić information content (AvgIpc) is 2.89. The Balaban J connectivity index is 2.24. The molecule has 0 saturated carbocycles. The molecule has 0 fully saturated rings. The molecule has 1 unspecified atom stereocenters. The van der Waals surface area contributed by atoms with Crippen LogP contribution in [-0.2, 0) is 0 Å². The van der Waals surface area contributed by atoms with Crippen molar-refractivity contribution in [3.8, 4) is 11.4 Å². The van der Waals surface area contributed by atoms with Gasteiger partial charge in [0, 0.05) is 22.8 Å². The van der Waals surface area contributed by atoms with Gasteiger partial charge in [-0.05, 0) is 23.4 Å². The fraction of sp³-hybridized carbons (Fsp3) is 0.300. The van der Waals surface area contributed by atoms with Crippen LogP contribution in [-0.4, -0.2) is 44.3 Å². The van der Waals surface area contributed by atoms with Crippen molar-refractivity contribution in [2.45, 2.75) is 6.10 Å². The molecule has 0 aliphatic heterocycles. The zero-order valence-electron chi connectivity index (χ0n) is 9.27. The molecule has 2 aromatic rings. The summed E-state index contributed by atoms with van der Waals surface area (Å²) in [6.07, 6.45) is -0.635. The molecule has 2 rings (SSSR count). The Morgan fingerprint density at radius 2 is 2.28 bits per heavy atom. The summed E-state index contributed by atoms with van der Waals surface area (Å²) in [6, 6.07) is 5.24. The second-order valence-corrected chi connectivity index (χ2v) is 4.36. The zero-order chi connectivity index (χ0) is 13.0. The number of hydrogen-bond donors (Lipinski definition) is 3. The normalized spacial score (nSPS) is 12.4. The topological polar surface area (TPSA) is 86.7 Å². The van der Waals surface area contributed by atoms with Crippen molar-refractivity contribution in [1.29, 1.82) is 0 Å². The van der Waals surface area contributed by atoms with Crippen molar-refractivity contribution < 1.29 is 5.11 Å². The number of rotatable bonds is 5. The van der Waals surface area contributed by atoms with Crippen LogP contribution in [0.1, 0.15) is 0 Å². The summed E-state index contributed by atoms with van der Waals surface area (Å²) >= 11 is 11.5. The molecule has 0 aliphatic carbocycles. The number of halogens is 2. The van der Waals surface area contributed by atoms with Gasteiger partial charge in [-0.2, -0.15) is 5.21 Å². The minimum Gasteiger partial charge on any atom is -0.390 e. The maximum atomic E-state index is 9.43. The second kappa shape index (κ2) is 5.99. The van der Waals surface area contributed by atoms with E-state index in [1.165, 1.54) is 0 Å². The van der Waals surface area contributed by atoms with Gasteiger partial charge in [0.05, 0.1) is 12.0 Å². The Morgan fingerprint density at radius 3 is 2.94 bits per heavy atom. The fourth-order valence-electron chi connectivity index (χ4n) is 1.42. The number of tetrazole rings is 1. The van der Waals surface area contributed by atoms with E-state index in [9.17, 15) is 5.11 Å². The number of aromatic nitrogens is 4. The van der Waals surface area contributed by atoms with E-state index in [2.05, 4.69) is 25.9 Å². The molecule has 8 heteroatoms. The van der Waals surface area contributed by atoms with E-state index in [4.69, 9.17) is 23.2 Å². The molecule has 1 aromatic heterocycles. The molecule has 1 heterocycles. The lowest BCUT2D eigenvalue weighted by atomic mass is 10.1. The molecular weight excluding hydrogens is 277 g/mol. The van der Waals surface area contributed by atoms with E-state index in [1.807, 2.05) is 0 Å². The van der Waals surface area contributed by atoms with Gasteiger partial charge in [-0.25, -0.2) is 0 Å². The van der Waals surface area contributed by atoms with Crippen LogP contribution in [0, 0.1) is 0 Å². The van der Waals surface area contributed by atoms with Gasteiger partial charge in [0.15, 0.2) is 0 Å². The highest BCUT2D eigenvalue weighted by Gasteiger charge is 2.11. The minimum absolute atomic E-state index is 0.158. The number of benzene rings is 1. The van der Waals surface area contributed by atoms with Gasteiger partial charge < -0.3 is 10.4 Å². The fourth-order valence-corrected chi connectivity index (χ4v) is 1.70. The second-order valence-electron chi connectivity index (χ2n) is 3.61. The molecule has 18 heavy (non-hydrogen) atoms. The van der Waals surface area contributed by atoms with Crippen molar-refractivity contribution in [2.24, 2.45) is 0 Å². The molecule has 0 amide bonds. The first-order chi connectivity index (χ1) is 8.70. The van der Waals surface area contributed by atoms with Crippen molar-refractivity contribution in [3.05, 3.63) is 23.2 Å². The Morgan fingerprint density at radius 1 is 1.44 bits per heavy atom. The number of anilines is 1. The highest BCUT2D eigenvalue weighted by molar-refractivity contribution is 6.31. The molecule has 0 saturated heterocycles. The van der Waals surface area contributed by atoms with Crippen LogP contribution < -0.4 is 5.32 Å². The Bertz CT molecular complexity index is 505. The quantitative estimate of drug-likeness (QED) is 0.726. The molecule has 1 aromatic carbocycles. The zero-order valence-corrected chi connectivity index (χ0v) is 10.8. The maximum Gasteiger partial charge on any atom is 0.206 e. The van der Waals surface area contributed by atoms with Crippen molar-refractivity contribution in [1.82, 2.24) is 20.6 Å². The maximum absolute atomic E-state index is 9.43. The summed E-state index contributed by atoms with van der Waals surface area (Å²) in [5.74, 6) is 0.611. The SMILES string of the molecule is OC(CCl)CNc1cc(Cl)ccc1-c1nn[nH]n1. The molecule has 0 aliphatic rings. The summed E-state index contributed by atoms with van der Waals surface area (Å²) in [6.45, 7) is 0.314. The standard InChI is InChI=1S/C10H11Cl2N5O/c11-4-7(18)5-13-9-3-6(12)1-2-8(9)10-14-16-17-15-10/h1-3,7,13,18H,4-5H2,(H,14,15,16,17). The lowest BCUT2D eigenvalue weighted by Gasteiger charge is -2.12. The predicted molar refractivity (Wildman–Crippen MR) is 69.8 cm³/mol. The highest BCUT2D eigenvalue weighted by Crippen LogP contribution is 2.27. The van der Waals surface area contributed by atoms with Gasteiger partial charge in [0.2, 0.25) is 5.82 Å². The number of aliphatic hydroxyl groups excluding tert-OH is 1. The molecule has 96 valence electrons. The van der Waals surface area contributed by atoms with Crippen LogP contribution >= 0.6 is 23.2 Å². The van der Waals surface area contributed by atoms with Gasteiger partial charge in [0.1, 0.15) is 0 Å². The van der Waals surface area contributed by atoms with E-state index in [0.29, 0.717) is 23.1 Å². The largest absolute Gasteiger partial charge is 0.390 e. The van der Waals surface area contributed by atoms with Crippen LogP contribution in [0.5, 0.6) is 0 Å².